The summed E-state index contributed by atoms with van der Waals surface area (Å²) in [6.45, 7) is 2.48. The second-order valence-corrected chi connectivity index (χ2v) is 8.23. The van der Waals surface area contributed by atoms with Gasteiger partial charge in [-0.25, -0.2) is 9.88 Å². The number of rotatable bonds is 5. The van der Waals surface area contributed by atoms with Crippen LogP contribution < -0.4 is 9.64 Å². The molecule has 0 aliphatic carbocycles. The molecule has 2 heterocycles. The molecule has 1 aromatic heterocycles. The highest BCUT2D eigenvalue weighted by atomic mass is 32.2. The van der Waals surface area contributed by atoms with Crippen molar-refractivity contribution in [3.63, 3.8) is 0 Å². The lowest BCUT2D eigenvalue weighted by atomic mass is 10.3. The van der Waals surface area contributed by atoms with Crippen molar-refractivity contribution in [1.82, 2.24) is 4.98 Å². The minimum absolute atomic E-state index is 0.183. The molecule has 2 amide bonds. The first-order chi connectivity index (χ1) is 12.7. The van der Waals surface area contributed by atoms with Crippen molar-refractivity contribution in [2.75, 3.05) is 11.5 Å². The van der Waals surface area contributed by atoms with E-state index in [1.165, 1.54) is 16.7 Å². The van der Waals surface area contributed by atoms with Gasteiger partial charge in [-0.2, -0.15) is 0 Å². The van der Waals surface area contributed by atoms with E-state index in [9.17, 15) is 9.59 Å². The topological polar surface area (TPSA) is 59.5 Å². The van der Waals surface area contributed by atoms with E-state index in [2.05, 4.69) is 4.98 Å². The SMILES string of the molecule is CCOc1ccc(N2C(=O)C[C@H](Sc3nc4ccccc4s3)C2=O)cc1. The highest BCUT2D eigenvalue weighted by Crippen LogP contribution is 2.37. The fourth-order valence-electron chi connectivity index (χ4n) is 2.85. The van der Waals surface area contributed by atoms with Gasteiger partial charge in [0.05, 0.1) is 22.5 Å². The van der Waals surface area contributed by atoms with Gasteiger partial charge in [0.2, 0.25) is 11.8 Å². The van der Waals surface area contributed by atoms with E-state index in [1.807, 2.05) is 31.2 Å². The number of benzene rings is 2. The highest BCUT2D eigenvalue weighted by molar-refractivity contribution is 8.02. The Labute approximate surface area is 159 Å². The fraction of sp³-hybridized carbons (Fsp3) is 0.211. The molecule has 1 atom stereocenters. The summed E-state index contributed by atoms with van der Waals surface area (Å²) in [4.78, 5) is 31.0. The standard InChI is InChI=1S/C19H16N2O3S2/c1-2-24-13-9-7-12(8-10-13)21-17(22)11-16(18(21)23)26-19-20-14-5-3-4-6-15(14)25-19/h3-10,16H,2,11H2,1H3/t16-/m0/s1. The predicted octanol–water partition coefficient (Wildman–Crippen LogP) is 4.12. The van der Waals surface area contributed by atoms with Crippen LogP contribution in [0.5, 0.6) is 5.75 Å². The molecule has 132 valence electrons. The number of thiazole rings is 1. The monoisotopic (exact) mass is 384 g/mol. The van der Waals surface area contributed by atoms with Crippen LogP contribution in [0.15, 0.2) is 52.9 Å². The maximum absolute atomic E-state index is 12.8. The third-order valence-electron chi connectivity index (χ3n) is 4.03. The van der Waals surface area contributed by atoms with Crippen molar-refractivity contribution in [1.29, 1.82) is 0 Å². The normalized spacial score (nSPS) is 17.3. The Morgan fingerprint density at radius 2 is 1.96 bits per heavy atom. The van der Waals surface area contributed by atoms with Gasteiger partial charge in [0.15, 0.2) is 4.34 Å². The van der Waals surface area contributed by atoms with E-state index in [1.54, 1.807) is 35.6 Å². The number of carbonyl (C=O) groups excluding carboxylic acids is 2. The zero-order chi connectivity index (χ0) is 18.1. The Hall–Kier alpha value is -2.38. The van der Waals surface area contributed by atoms with Crippen LogP contribution in [0.1, 0.15) is 13.3 Å². The predicted molar refractivity (Wildman–Crippen MR) is 104 cm³/mol. The van der Waals surface area contributed by atoms with Crippen molar-refractivity contribution in [3.8, 4) is 5.75 Å². The summed E-state index contributed by atoms with van der Waals surface area (Å²) in [5.41, 5.74) is 1.50. The first kappa shape index (κ1) is 17.1. The molecule has 1 aliphatic heterocycles. The first-order valence-corrected chi connectivity index (χ1v) is 9.97. The van der Waals surface area contributed by atoms with Crippen molar-refractivity contribution < 1.29 is 14.3 Å². The second kappa shape index (κ2) is 7.09. The lowest BCUT2D eigenvalue weighted by molar-refractivity contribution is -0.121. The minimum atomic E-state index is -0.436. The van der Waals surface area contributed by atoms with Crippen molar-refractivity contribution >= 4 is 50.8 Å². The summed E-state index contributed by atoms with van der Waals surface area (Å²) in [5.74, 6) is 0.344. The molecule has 7 heteroatoms. The van der Waals surface area contributed by atoms with Crippen LogP contribution in [0.4, 0.5) is 5.69 Å². The molecule has 2 aromatic carbocycles. The number of carbonyl (C=O) groups is 2. The molecule has 1 saturated heterocycles. The largest absolute Gasteiger partial charge is 0.494 e. The highest BCUT2D eigenvalue weighted by Gasteiger charge is 2.40. The van der Waals surface area contributed by atoms with Gasteiger partial charge in [0.1, 0.15) is 11.0 Å². The molecule has 0 N–H and O–H groups in total. The summed E-state index contributed by atoms with van der Waals surface area (Å²) < 4.78 is 7.30. The molecular weight excluding hydrogens is 368 g/mol. The molecule has 5 nitrogen and oxygen atoms in total. The molecule has 0 spiro atoms. The number of anilines is 1. The third-order valence-corrected chi connectivity index (χ3v) is 6.34. The molecule has 1 fully saturated rings. The van der Waals surface area contributed by atoms with Crippen LogP contribution in [-0.4, -0.2) is 28.7 Å². The summed E-state index contributed by atoms with van der Waals surface area (Å²) in [7, 11) is 0. The van der Waals surface area contributed by atoms with Gasteiger partial charge in [-0.3, -0.25) is 9.59 Å². The summed E-state index contributed by atoms with van der Waals surface area (Å²) in [5, 5.41) is -0.436. The Morgan fingerprint density at radius 1 is 1.19 bits per heavy atom. The van der Waals surface area contributed by atoms with E-state index < -0.39 is 5.25 Å². The molecule has 0 saturated carbocycles. The number of para-hydroxylation sites is 1. The van der Waals surface area contributed by atoms with Gasteiger partial charge in [-0.1, -0.05) is 23.9 Å². The zero-order valence-corrected chi connectivity index (χ0v) is 15.7. The fourth-order valence-corrected chi connectivity index (χ4v) is 5.18. The molecule has 0 radical (unpaired) electrons. The second-order valence-electron chi connectivity index (χ2n) is 5.75. The summed E-state index contributed by atoms with van der Waals surface area (Å²) >= 11 is 2.91. The lowest BCUT2D eigenvalue weighted by Gasteiger charge is -2.15. The van der Waals surface area contributed by atoms with Crippen LogP contribution in [0.25, 0.3) is 10.2 Å². The molecule has 0 unspecified atom stereocenters. The minimum Gasteiger partial charge on any atom is -0.494 e. The third kappa shape index (κ3) is 3.20. The summed E-state index contributed by atoms with van der Waals surface area (Å²) in [6.07, 6.45) is 0.187. The smallest absolute Gasteiger partial charge is 0.247 e. The first-order valence-electron chi connectivity index (χ1n) is 8.27. The van der Waals surface area contributed by atoms with E-state index in [-0.39, 0.29) is 18.2 Å². The number of thioether (sulfide) groups is 1. The van der Waals surface area contributed by atoms with Crippen LogP contribution in [0.2, 0.25) is 0 Å². The number of imide groups is 1. The van der Waals surface area contributed by atoms with E-state index in [4.69, 9.17) is 4.74 Å². The molecule has 26 heavy (non-hydrogen) atoms. The van der Waals surface area contributed by atoms with Crippen molar-refractivity contribution in [2.24, 2.45) is 0 Å². The maximum Gasteiger partial charge on any atom is 0.247 e. The Bertz CT molecular complexity index is 935. The zero-order valence-electron chi connectivity index (χ0n) is 14.0. The Kier molecular flexibility index (Phi) is 4.65. The number of ether oxygens (including phenoxy) is 1. The van der Waals surface area contributed by atoms with Crippen LogP contribution in [0.3, 0.4) is 0 Å². The number of hydrogen-bond acceptors (Lipinski definition) is 6. The molecule has 0 bridgehead atoms. The summed E-state index contributed by atoms with van der Waals surface area (Å²) in [6, 6.07) is 14.9. The number of nitrogens with zero attached hydrogens (tertiary/aromatic N) is 2. The molecule has 4 rings (SSSR count). The molecule has 1 aliphatic rings. The van der Waals surface area contributed by atoms with Gasteiger partial charge in [-0.15, -0.1) is 11.3 Å². The molecular formula is C19H16N2O3S2. The maximum atomic E-state index is 12.8. The number of hydrogen-bond donors (Lipinski definition) is 0. The van der Waals surface area contributed by atoms with E-state index in [0.717, 1.165) is 20.3 Å². The molecule has 3 aromatic rings. The van der Waals surface area contributed by atoms with Gasteiger partial charge >= 0.3 is 0 Å². The lowest BCUT2D eigenvalue weighted by Crippen LogP contribution is -2.31. The van der Waals surface area contributed by atoms with Gasteiger partial charge in [0.25, 0.3) is 0 Å². The van der Waals surface area contributed by atoms with E-state index >= 15 is 0 Å². The number of fused-ring (bicyclic) bond motifs is 1. The number of amides is 2. The van der Waals surface area contributed by atoms with Gasteiger partial charge in [0, 0.05) is 6.42 Å². The Morgan fingerprint density at radius 3 is 2.69 bits per heavy atom. The van der Waals surface area contributed by atoms with Crippen LogP contribution in [-0.2, 0) is 9.59 Å². The average Bonchev–Trinajstić information content (AvgIpc) is 3.17. The van der Waals surface area contributed by atoms with Crippen molar-refractivity contribution in [2.45, 2.75) is 22.9 Å². The number of aromatic nitrogens is 1. The average molecular weight is 384 g/mol. The Balaban J connectivity index is 1.53. The van der Waals surface area contributed by atoms with Gasteiger partial charge < -0.3 is 4.74 Å². The quantitative estimate of drug-likeness (QED) is 0.619. The van der Waals surface area contributed by atoms with Crippen LogP contribution >= 0.6 is 23.1 Å². The van der Waals surface area contributed by atoms with Crippen LogP contribution in [0, 0.1) is 0 Å². The van der Waals surface area contributed by atoms with Gasteiger partial charge in [-0.05, 0) is 43.3 Å². The van der Waals surface area contributed by atoms with Crippen molar-refractivity contribution in [3.05, 3.63) is 48.5 Å². The van der Waals surface area contributed by atoms with E-state index in [0.29, 0.717) is 12.3 Å².